The van der Waals surface area contributed by atoms with Crippen LogP contribution in [-0.4, -0.2) is 28.9 Å². The van der Waals surface area contributed by atoms with E-state index in [1.165, 1.54) is 0 Å². The zero-order valence-corrected chi connectivity index (χ0v) is 10.3. The lowest BCUT2D eigenvalue weighted by Crippen LogP contribution is -2.29. The second-order valence-electron chi connectivity index (χ2n) is 4.75. The van der Waals surface area contributed by atoms with E-state index in [0.29, 0.717) is 6.42 Å². The van der Waals surface area contributed by atoms with Crippen molar-refractivity contribution in [2.24, 2.45) is 0 Å². The number of fused-ring (bicyclic) bond motifs is 1. The fraction of sp³-hybridized carbons (Fsp3) is 0.333. The van der Waals surface area contributed by atoms with Crippen LogP contribution in [0.2, 0.25) is 0 Å². The Balaban J connectivity index is 1.88. The summed E-state index contributed by atoms with van der Waals surface area (Å²) in [5, 5.41) is 1.09. The van der Waals surface area contributed by atoms with Crippen LogP contribution in [0.15, 0.2) is 36.5 Å². The third kappa shape index (κ3) is 2.08. The van der Waals surface area contributed by atoms with Crippen molar-refractivity contribution in [2.75, 3.05) is 13.1 Å². The van der Waals surface area contributed by atoms with Crippen LogP contribution in [0.5, 0.6) is 0 Å². The summed E-state index contributed by atoms with van der Waals surface area (Å²) in [6.45, 7) is 1.84. The second kappa shape index (κ2) is 4.77. The number of amides is 1. The van der Waals surface area contributed by atoms with Gasteiger partial charge in [0, 0.05) is 24.7 Å². The summed E-state index contributed by atoms with van der Waals surface area (Å²) in [5.41, 5.74) is 2.04. The topological polar surface area (TPSA) is 33.2 Å². The molecule has 1 amide bonds. The molecule has 1 fully saturated rings. The predicted octanol–water partition coefficient (Wildman–Crippen LogP) is 2.40. The van der Waals surface area contributed by atoms with Gasteiger partial charge in [0.15, 0.2) is 0 Å². The van der Waals surface area contributed by atoms with Gasteiger partial charge in [-0.3, -0.25) is 9.78 Å². The molecule has 0 N–H and O–H groups in total. The minimum Gasteiger partial charge on any atom is -0.342 e. The Kier molecular flexibility index (Phi) is 2.97. The average Bonchev–Trinajstić information content (AvgIpc) is 2.93. The number of pyridine rings is 1. The number of nitrogens with zero attached hydrogens (tertiary/aromatic N) is 2. The van der Waals surface area contributed by atoms with Crippen molar-refractivity contribution in [3.63, 3.8) is 0 Å². The van der Waals surface area contributed by atoms with Gasteiger partial charge in [-0.05, 0) is 30.5 Å². The standard InChI is InChI=1S/C15H16N2O/c18-15(17-9-1-2-10-17)11-12-5-3-7-14-13(12)6-4-8-16-14/h3-8H,1-2,9-11H2. The molecular formula is C15H16N2O. The first-order chi connectivity index (χ1) is 8.84. The third-order valence-corrected chi connectivity index (χ3v) is 3.54. The molecule has 0 unspecified atom stereocenters. The summed E-state index contributed by atoms with van der Waals surface area (Å²) in [6.07, 6.45) is 4.56. The number of carbonyl (C=O) groups is 1. The van der Waals surface area contributed by atoms with Crippen molar-refractivity contribution in [2.45, 2.75) is 19.3 Å². The molecule has 1 aromatic carbocycles. The van der Waals surface area contributed by atoms with Gasteiger partial charge in [0.2, 0.25) is 5.91 Å². The highest BCUT2D eigenvalue weighted by Gasteiger charge is 2.18. The SMILES string of the molecule is O=C(Cc1cccc2ncccc12)N1CCCC1. The number of rotatable bonds is 2. The largest absolute Gasteiger partial charge is 0.342 e. The monoisotopic (exact) mass is 240 g/mol. The molecule has 18 heavy (non-hydrogen) atoms. The predicted molar refractivity (Wildman–Crippen MR) is 71.3 cm³/mol. The lowest BCUT2D eigenvalue weighted by Gasteiger charge is -2.15. The molecule has 0 bridgehead atoms. The molecule has 0 atom stereocenters. The lowest BCUT2D eigenvalue weighted by molar-refractivity contribution is -0.129. The van der Waals surface area contributed by atoms with Gasteiger partial charge in [-0.15, -0.1) is 0 Å². The Morgan fingerprint density at radius 3 is 2.83 bits per heavy atom. The summed E-state index contributed by atoms with van der Waals surface area (Å²) >= 11 is 0. The molecule has 1 aromatic heterocycles. The molecule has 0 spiro atoms. The number of hydrogen-bond acceptors (Lipinski definition) is 2. The van der Waals surface area contributed by atoms with E-state index in [0.717, 1.165) is 42.4 Å². The first-order valence-electron chi connectivity index (χ1n) is 6.45. The number of benzene rings is 1. The van der Waals surface area contributed by atoms with E-state index >= 15 is 0 Å². The fourth-order valence-electron chi connectivity index (χ4n) is 2.56. The molecule has 0 aliphatic carbocycles. The van der Waals surface area contributed by atoms with Gasteiger partial charge in [0.1, 0.15) is 0 Å². The van der Waals surface area contributed by atoms with E-state index in [-0.39, 0.29) is 5.91 Å². The van der Waals surface area contributed by atoms with Crippen molar-refractivity contribution in [3.8, 4) is 0 Å². The molecule has 1 saturated heterocycles. The van der Waals surface area contributed by atoms with Crippen LogP contribution in [0.25, 0.3) is 10.9 Å². The van der Waals surface area contributed by atoms with Gasteiger partial charge in [0.25, 0.3) is 0 Å². The first-order valence-corrected chi connectivity index (χ1v) is 6.45. The first kappa shape index (κ1) is 11.2. The van der Waals surface area contributed by atoms with Crippen molar-refractivity contribution in [1.29, 1.82) is 0 Å². The van der Waals surface area contributed by atoms with Crippen molar-refractivity contribution >= 4 is 16.8 Å². The number of hydrogen-bond donors (Lipinski definition) is 0. The highest BCUT2D eigenvalue weighted by atomic mass is 16.2. The molecule has 2 aromatic rings. The van der Waals surface area contributed by atoms with E-state index in [4.69, 9.17) is 0 Å². The molecule has 3 heteroatoms. The van der Waals surface area contributed by atoms with Crippen LogP contribution in [0.3, 0.4) is 0 Å². The molecule has 3 nitrogen and oxygen atoms in total. The van der Waals surface area contributed by atoms with Gasteiger partial charge in [-0.1, -0.05) is 18.2 Å². The van der Waals surface area contributed by atoms with Gasteiger partial charge < -0.3 is 4.90 Å². The normalized spacial score (nSPS) is 15.2. The van der Waals surface area contributed by atoms with E-state index in [1.54, 1.807) is 6.20 Å². The average molecular weight is 240 g/mol. The zero-order chi connectivity index (χ0) is 12.4. The highest BCUT2D eigenvalue weighted by molar-refractivity contribution is 5.88. The van der Waals surface area contributed by atoms with Crippen LogP contribution in [0.1, 0.15) is 18.4 Å². The van der Waals surface area contributed by atoms with Crippen molar-refractivity contribution in [3.05, 3.63) is 42.1 Å². The zero-order valence-electron chi connectivity index (χ0n) is 10.3. The molecule has 2 heterocycles. The Hall–Kier alpha value is -1.90. The third-order valence-electron chi connectivity index (χ3n) is 3.54. The van der Waals surface area contributed by atoms with E-state index in [9.17, 15) is 4.79 Å². The Labute approximate surface area is 106 Å². The number of carbonyl (C=O) groups excluding carboxylic acids is 1. The minimum absolute atomic E-state index is 0.240. The summed E-state index contributed by atoms with van der Waals surface area (Å²) in [7, 11) is 0. The van der Waals surface area contributed by atoms with Crippen LogP contribution >= 0.6 is 0 Å². The fourth-order valence-corrected chi connectivity index (χ4v) is 2.56. The number of likely N-dealkylation sites (tertiary alicyclic amines) is 1. The Morgan fingerprint density at radius 1 is 1.17 bits per heavy atom. The maximum absolute atomic E-state index is 12.2. The minimum atomic E-state index is 0.240. The quantitative estimate of drug-likeness (QED) is 0.807. The highest BCUT2D eigenvalue weighted by Crippen LogP contribution is 2.18. The molecular weight excluding hydrogens is 224 g/mol. The molecule has 1 aliphatic rings. The summed E-state index contributed by atoms with van der Waals surface area (Å²) in [6, 6.07) is 9.94. The Bertz CT molecular complexity index is 568. The van der Waals surface area contributed by atoms with Crippen molar-refractivity contribution < 1.29 is 4.79 Å². The Morgan fingerprint density at radius 2 is 2.00 bits per heavy atom. The molecule has 0 radical (unpaired) electrons. The number of aromatic nitrogens is 1. The van der Waals surface area contributed by atoms with Gasteiger partial charge in [-0.2, -0.15) is 0 Å². The second-order valence-corrected chi connectivity index (χ2v) is 4.75. The molecule has 92 valence electrons. The van der Waals surface area contributed by atoms with Crippen LogP contribution in [0.4, 0.5) is 0 Å². The smallest absolute Gasteiger partial charge is 0.227 e. The maximum atomic E-state index is 12.2. The van der Waals surface area contributed by atoms with E-state index in [2.05, 4.69) is 4.98 Å². The molecule has 1 aliphatic heterocycles. The lowest BCUT2D eigenvalue weighted by atomic mass is 10.1. The van der Waals surface area contributed by atoms with Crippen LogP contribution in [-0.2, 0) is 11.2 Å². The van der Waals surface area contributed by atoms with E-state index in [1.807, 2.05) is 35.2 Å². The maximum Gasteiger partial charge on any atom is 0.227 e. The summed E-state index contributed by atoms with van der Waals surface area (Å²) in [4.78, 5) is 18.5. The molecule has 3 rings (SSSR count). The summed E-state index contributed by atoms with van der Waals surface area (Å²) < 4.78 is 0. The summed E-state index contributed by atoms with van der Waals surface area (Å²) in [5.74, 6) is 0.240. The van der Waals surface area contributed by atoms with E-state index < -0.39 is 0 Å². The van der Waals surface area contributed by atoms with Gasteiger partial charge in [0.05, 0.1) is 11.9 Å². The van der Waals surface area contributed by atoms with Gasteiger partial charge in [-0.25, -0.2) is 0 Å². The van der Waals surface area contributed by atoms with Crippen LogP contribution < -0.4 is 0 Å². The van der Waals surface area contributed by atoms with Crippen LogP contribution in [0, 0.1) is 0 Å². The van der Waals surface area contributed by atoms with Gasteiger partial charge >= 0.3 is 0 Å². The van der Waals surface area contributed by atoms with Crippen molar-refractivity contribution in [1.82, 2.24) is 9.88 Å². The molecule has 0 saturated carbocycles.